The predicted octanol–water partition coefficient (Wildman–Crippen LogP) is 5.22. The topological polar surface area (TPSA) is 73.0 Å². The number of carbonyl (C=O) groups excluding carboxylic acids is 1. The van der Waals surface area contributed by atoms with Crippen LogP contribution in [-0.4, -0.2) is 20.4 Å². The van der Waals surface area contributed by atoms with Crippen molar-refractivity contribution in [1.82, 2.24) is 19.9 Å². The average Bonchev–Trinajstić information content (AvgIpc) is 3.41. The molecule has 0 radical (unpaired) electrons. The van der Waals surface area contributed by atoms with Gasteiger partial charge in [-0.25, -0.2) is 9.97 Å². The molecule has 6 nitrogen and oxygen atoms in total. The van der Waals surface area contributed by atoms with E-state index in [1.165, 1.54) is 0 Å². The number of carbonyl (C=O) groups is 1. The summed E-state index contributed by atoms with van der Waals surface area (Å²) < 4.78 is 7.67. The number of nitrogens with zero attached hydrogens (tertiary/aromatic N) is 3. The molecule has 0 saturated heterocycles. The number of oxazole rings is 1. The number of rotatable bonds is 7. The highest BCUT2D eigenvalue weighted by Gasteiger charge is 2.21. The normalized spacial score (nSPS) is 12.0. The first-order valence-corrected chi connectivity index (χ1v) is 10.5. The van der Waals surface area contributed by atoms with Crippen molar-refractivity contribution in [3.8, 4) is 11.3 Å². The van der Waals surface area contributed by atoms with E-state index in [-0.39, 0.29) is 12.3 Å². The molecule has 158 valence electrons. The molecule has 8 heteroatoms. The Kier molecular flexibility index (Phi) is 6.39. The molecule has 0 aliphatic rings. The van der Waals surface area contributed by atoms with Crippen LogP contribution in [0.15, 0.2) is 71.5 Å². The van der Waals surface area contributed by atoms with E-state index in [0.29, 0.717) is 28.1 Å². The third-order valence-corrected chi connectivity index (χ3v) is 5.47. The fourth-order valence-electron chi connectivity index (χ4n) is 3.27. The number of aromatic nitrogens is 3. The van der Waals surface area contributed by atoms with Gasteiger partial charge in [-0.2, -0.15) is 0 Å². The number of benzene rings is 2. The maximum Gasteiger partial charge on any atom is 0.221 e. The third-order valence-electron chi connectivity index (χ3n) is 4.88. The van der Waals surface area contributed by atoms with E-state index >= 15 is 0 Å². The zero-order valence-electron chi connectivity index (χ0n) is 16.8. The Morgan fingerprint density at radius 3 is 2.61 bits per heavy atom. The smallest absolute Gasteiger partial charge is 0.221 e. The zero-order valence-corrected chi connectivity index (χ0v) is 18.3. The van der Waals surface area contributed by atoms with Gasteiger partial charge in [-0.1, -0.05) is 47.5 Å². The Balaban J connectivity index is 1.45. The molecule has 4 aromatic rings. The Hall–Kier alpha value is -3.09. The third kappa shape index (κ3) is 4.98. The maximum atomic E-state index is 12.7. The molecule has 31 heavy (non-hydrogen) atoms. The molecular weight excluding hydrogens is 435 g/mol. The number of amides is 1. The van der Waals surface area contributed by atoms with E-state index < -0.39 is 6.04 Å². The van der Waals surface area contributed by atoms with Crippen LogP contribution in [0.3, 0.4) is 0 Å². The number of aryl methyl sites for hydroxylation is 2. The monoisotopic (exact) mass is 454 g/mol. The summed E-state index contributed by atoms with van der Waals surface area (Å²) in [7, 11) is 1.89. The van der Waals surface area contributed by atoms with Gasteiger partial charge in [0, 0.05) is 42.9 Å². The Morgan fingerprint density at radius 1 is 1.13 bits per heavy atom. The van der Waals surface area contributed by atoms with Crippen LogP contribution in [0.2, 0.25) is 10.0 Å². The van der Waals surface area contributed by atoms with Crippen LogP contribution in [0, 0.1) is 0 Å². The predicted molar refractivity (Wildman–Crippen MR) is 120 cm³/mol. The van der Waals surface area contributed by atoms with Gasteiger partial charge in [0.15, 0.2) is 11.7 Å². The molecule has 2 aromatic carbocycles. The first-order valence-electron chi connectivity index (χ1n) is 9.73. The lowest BCUT2D eigenvalue weighted by atomic mass is 10.1. The summed E-state index contributed by atoms with van der Waals surface area (Å²) in [6, 6.07) is 14.3. The Labute approximate surface area is 189 Å². The van der Waals surface area contributed by atoms with Crippen molar-refractivity contribution >= 4 is 29.1 Å². The Bertz CT molecular complexity index is 1180. The lowest BCUT2D eigenvalue weighted by Crippen LogP contribution is -2.31. The van der Waals surface area contributed by atoms with Crippen LogP contribution in [0.1, 0.15) is 29.7 Å². The molecule has 1 N–H and O–H groups in total. The first-order chi connectivity index (χ1) is 15.0. The van der Waals surface area contributed by atoms with Crippen LogP contribution in [0.4, 0.5) is 0 Å². The summed E-state index contributed by atoms with van der Waals surface area (Å²) in [6.45, 7) is 0. The van der Waals surface area contributed by atoms with Crippen molar-refractivity contribution in [1.29, 1.82) is 0 Å². The molecule has 2 aromatic heterocycles. The van der Waals surface area contributed by atoms with Crippen LogP contribution in [0.5, 0.6) is 0 Å². The second kappa shape index (κ2) is 9.37. The molecule has 0 aliphatic heterocycles. The van der Waals surface area contributed by atoms with Gasteiger partial charge < -0.3 is 14.3 Å². The summed E-state index contributed by atoms with van der Waals surface area (Å²) in [4.78, 5) is 21.4. The van der Waals surface area contributed by atoms with Crippen molar-refractivity contribution in [3.63, 3.8) is 0 Å². The van der Waals surface area contributed by atoms with E-state index in [1.54, 1.807) is 30.6 Å². The highest BCUT2D eigenvalue weighted by atomic mass is 35.5. The lowest BCUT2D eigenvalue weighted by Gasteiger charge is -2.19. The highest BCUT2D eigenvalue weighted by Crippen LogP contribution is 2.28. The summed E-state index contributed by atoms with van der Waals surface area (Å²) in [5.74, 6) is 1.64. The molecule has 1 atom stereocenters. The molecule has 2 heterocycles. The van der Waals surface area contributed by atoms with Crippen LogP contribution >= 0.6 is 23.2 Å². The lowest BCUT2D eigenvalue weighted by molar-refractivity contribution is -0.121. The van der Waals surface area contributed by atoms with Gasteiger partial charge in [-0.3, -0.25) is 4.79 Å². The van der Waals surface area contributed by atoms with Gasteiger partial charge in [-0.15, -0.1) is 0 Å². The van der Waals surface area contributed by atoms with Gasteiger partial charge in [0.25, 0.3) is 0 Å². The minimum Gasteiger partial charge on any atom is -0.441 e. The fourth-order valence-corrected chi connectivity index (χ4v) is 3.63. The second-order valence-corrected chi connectivity index (χ2v) is 7.89. The number of hydrogen-bond acceptors (Lipinski definition) is 4. The molecular formula is C23H20Cl2N4O2. The summed E-state index contributed by atoms with van der Waals surface area (Å²) >= 11 is 12.2. The van der Waals surface area contributed by atoms with E-state index in [1.807, 2.05) is 48.1 Å². The van der Waals surface area contributed by atoms with Crippen LogP contribution in [0.25, 0.3) is 11.3 Å². The van der Waals surface area contributed by atoms with Gasteiger partial charge >= 0.3 is 0 Å². The summed E-state index contributed by atoms with van der Waals surface area (Å²) in [5, 5.41) is 4.28. The number of halogens is 2. The molecule has 4 rings (SSSR count). The number of hydrogen-bond donors (Lipinski definition) is 1. The van der Waals surface area contributed by atoms with E-state index in [4.69, 9.17) is 27.6 Å². The Morgan fingerprint density at radius 2 is 1.90 bits per heavy atom. The maximum absolute atomic E-state index is 12.7. The molecule has 1 amide bonds. The SMILES string of the molecule is Cn1ccnc1C(NC(=O)CCc1ncc(-c2ccccc2Cl)o1)c1ccc(Cl)cc1. The van der Waals surface area contributed by atoms with Crippen LogP contribution in [-0.2, 0) is 18.3 Å². The van der Waals surface area contributed by atoms with E-state index in [0.717, 1.165) is 17.0 Å². The van der Waals surface area contributed by atoms with Crippen LogP contribution < -0.4 is 5.32 Å². The number of imidazole rings is 1. The fraction of sp³-hybridized carbons (Fsp3) is 0.174. The molecule has 1 unspecified atom stereocenters. The van der Waals surface area contributed by atoms with Crippen molar-refractivity contribution in [2.75, 3.05) is 0 Å². The van der Waals surface area contributed by atoms with Crippen molar-refractivity contribution in [2.45, 2.75) is 18.9 Å². The summed E-state index contributed by atoms with van der Waals surface area (Å²) in [6.07, 6.45) is 5.75. The van der Waals surface area contributed by atoms with Gasteiger partial charge in [0.05, 0.1) is 11.2 Å². The van der Waals surface area contributed by atoms with Gasteiger partial charge in [-0.05, 0) is 29.8 Å². The highest BCUT2D eigenvalue weighted by molar-refractivity contribution is 6.33. The van der Waals surface area contributed by atoms with Gasteiger partial charge in [0.2, 0.25) is 5.91 Å². The van der Waals surface area contributed by atoms with E-state index in [9.17, 15) is 4.79 Å². The van der Waals surface area contributed by atoms with E-state index in [2.05, 4.69) is 15.3 Å². The van der Waals surface area contributed by atoms with Crippen molar-refractivity contribution in [3.05, 3.63) is 94.4 Å². The zero-order chi connectivity index (χ0) is 21.8. The average molecular weight is 455 g/mol. The molecule has 0 spiro atoms. The van der Waals surface area contributed by atoms with Crippen molar-refractivity contribution < 1.29 is 9.21 Å². The first kappa shape index (κ1) is 21.2. The summed E-state index contributed by atoms with van der Waals surface area (Å²) in [5.41, 5.74) is 1.66. The molecule has 0 fully saturated rings. The standard InChI is InChI=1S/C23H20Cl2N4O2/c1-29-13-12-26-23(29)22(15-6-8-16(24)9-7-15)28-20(30)10-11-21-27-14-19(31-21)17-4-2-3-5-18(17)25/h2-9,12-14,22H,10-11H2,1H3,(H,28,30). The quantitative estimate of drug-likeness (QED) is 0.415. The molecule has 0 aliphatic carbocycles. The number of nitrogens with one attached hydrogen (secondary N) is 1. The minimum absolute atomic E-state index is 0.138. The van der Waals surface area contributed by atoms with Crippen molar-refractivity contribution in [2.24, 2.45) is 7.05 Å². The second-order valence-electron chi connectivity index (χ2n) is 7.05. The largest absolute Gasteiger partial charge is 0.441 e. The minimum atomic E-state index is -0.395. The van der Waals surface area contributed by atoms with Gasteiger partial charge in [0.1, 0.15) is 11.9 Å². The molecule has 0 bridgehead atoms. The molecule has 0 saturated carbocycles.